The lowest BCUT2D eigenvalue weighted by atomic mass is 10.2. The molecule has 5 rings (SSSR count). The van der Waals surface area contributed by atoms with Crippen LogP contribution < -0.4 is 10.9 Å². The van der Waals surface area contributed by atoms with E-state index in [1.807, 2.05) is 53.2 Å². The van der Waals surface area contributed by atoms with E-state index in [-0.39, 0.29) is 24.0 Å². The average molecular weight is 483 g/mol. The van der Waals surface area contributed by atoms with Crippen LogP contribution in [0.4, 0.5) is 4.79 Å². The highest BCUT2D eigenvalue weighted by molar-refractivity contribution is 7.99. The Morgan fingerprint density at radius 1 is 1.06 bits per heavy atom. The third-order valence-electron chi connectivity index (χ3n) is 5.07. The molecule has 1 aromatic carbocycles. The first-order valence-electron chi connectivity index (χ1n) is 9.98. The topological polar surface area (TPSA) is 84.3 Å². The fourth-order valence-electron chi connectivity index (χ4n) is 3.55. The van der Waals surface area contributed by atoms with Crippen molar-refractivity contribution in [3.63, 3.8) is 0 Å². The molecule has 32 heavy (non-hydrogen) atoms. The zero-order valence-electron chi connectivity index (χ0n) is 16.8. The number of fused-ring (bicyclic) bond motifs is 1. The van der Waals surface area contributed by atoms with Crippen LogP contribution in [0.3, 0.4) is 0 Å². The highest BCUT2D eigenvalue weighted by Crippen LogP contribution is 2.35. The van der Waals surface area contributed by atoms with Gasteiger partial charge in [-0.25, -0.2) is 9.78 Å². The first kappa shape index (κ1) is 20.9. The van der Waals surface area contributed by atoms with Crippen LogP contribution in [-0.2, 0) is 4.79 Å². The van der Waals surface area contributed by atoms with E-state index in [1.165, 1.54) is 28.0 Å². The molecule has 1 N–H and O–H groups in total. The maximum Gasteiger partial charge on any atom is 0.324 e. The Hall–Kier alpha value is -2.95. The zero-order valence-corrected chi connectivity index (χ0v) is 19.3. The number of thioether (sulfide) groups is 1. The number of hydrogen-bond donors (Lipinski definition) is 1. The smallest absolute Gasteiger partial charge is 0.324 e. The molecule has 0 radical (unpaired) electrons. The van der Waals surface area contributed by atoms with Crippen LogP contribution >= 0.6 is 34.4 Å². The second kappa shape index (κ2) is 8.89. The normalized spacial score (nSPS) is 13.8. The van der Waals surface area contributed by atoms with Gasteiger partial charge in [0.2, 0.25) is 5.91 Å². The van der Waals surface area contributed by atoms with Crippen LogP contribution in [0.2, 0.25) is 0 Å². The molecular formula is C22H18N4O3S3. The van der Waals surface area contributed by atoms with Gasteiger partial charge in [0.15, 0.2) is 5.16 Å². The molecule has 4 aromatic rings. The van der Waals surface area contributed by atoms with Gasteiger partial charge in [-0.05, 0) is 30.0 Å². The number of para-hydroxylation sites is 1. The Kier molecular flexibility index (Phi) is 5.81. The van der Waals surface area contributed by atoms with E-state index in [1.54, 1.807) is 15.9 Å². The molecule has 0 saturated carbocycles. The Balaban J connectivity index is 1.48. The summed E-state index contributed by atoms with van der Waals surface area (Å²) in [6.45, 7) is 0.402. The molecule has 0 atom stereocenters. The predicted molar refractivity (Wildman–Crippen MR) is 129 cm³/mol. The first-order chi connectivity index (χ1) is 15.6. The van der Waals surface area contributed by atoms with Crippen molar-refractivity contribution in [1.82, 2.24) is 19.8 Å². The van der Waals surface area contributed by atoms with Crippen LogP contribution in [0.25, 0.3) is 26.3 Å². The number of urea groups is 1. The maximum atomic E-state index is 13.7. The maximum absolute atomic E-state index is 13.7. The van der Waals surface area contributed by atoms with E-state index in [9.17, 15) is 14.4 Å². The SMILES string of the molecule is O=C1CNC(=O)N1CCCSc1nc2scc(-c3cccs3)c2c(=O)n1-c1ccccc1. The average Bonchev–Trinajstić information content (AvgIpc) is 3.53. The van der Waals surface area contributed by atoms with Crippen molar-refractivity contribution in [2.24, 2.45) is 0 Å². The van der Waals surface area contributed by atoms with E-state index in [4.69, 9.17) is 4.98 Å². The summed E-state index contributed by atoms with van der Waals surface area (Å²) in [5, 5.41) is 7.75. The van der Waals surface area contributed by atoms with Gasteiger partial charge in [0.1, 0.15) is 4.83 Å². The van der Waals surface area contributed by atoms with Gasteiger partial charge < -0.3 is 5.32 Å². The van der Waals surface area contributed by atoms with Crippen molar-refractivity contribution >= 4 is 56.6 Å². The molecule has 1 aliphatic rings. The van der Waals surface area contributed by atoms with Gasteiger partial charge in [-0.2, -0.15) is 0 Å². The lowest BCUT2D eigenvalue weighted by molar-refractivity contribution is -0.124. The minimum Gasteiger partial charge on any atom is -0.329 e. The number of hydrogen-bond acceptors (Lipinski definition) is 7. The summed E-state index contributed by atoms with van der Waals surface area (Å²) in [6, 6.07) is 13.1. The molecule has 0 bridgehead atoms. The Morgan fingerprint density at radius 3 is 2.62 bits per heavy atom. The first-order valence-corrected chi connectivity index (χ1v) is 12.7. The van der Waals surface area contributed by atoms with Crippen LogP contribution in [0, 0.1) is 0 Å². The largest absolute Gasteiger partial charge is 0.329 e. The fraction of sp³-hybridized carbons (Fsp3) is 0.182. The Labute approximate surface area is 195 Å². The molecule has 3 amide bonds. The van der Waals surface area contributed by atoms with Gasteiger partial charge in [-0.15, -0.1) is 22.7 Å². The van der Waals surface area contributed by atoms with E-state index in [0.29, 0.717) is 34.1 Å². The Bertz CT molecular complexity index is 1330. The van der Waals surface area contributed by atoms with Crippen molar-refractivity contribution in [3.8, 4) is 16.1 Å². The number of carbonyl (C=O) groups excluding carboxylic acids is 2. The van der Waals surface area contributed by atoms with Gasteiger partial charge in [-0.1, -0.05) is 36.0 Å². The van der Waals surface area contributed by atoms with Crippen molar-refractivity contribution in [2.75, 3.05) is 18.8 Å². The Morgan fingerprint density at radius 2 is 1.91 bits per heavy atom. The summed E-state index contributed by atoms with van der Waals surface area (Å²) in [4.78, 5) is 45.0. The van der Waals surface area contributed by atoms with E-state index in [0.717, 1.165) is 16.1 Å². The van der Waals surface area contributed by atoms with Gasteiger partial charge in [0, 0.05) is 28.1 Å². The number of carbonyl (C=O) groups is 2. The van der Waals surface area contributed by atoms with Crippen molar-refractivity contribution in [2.45, 2.75) is 11.6 Å². The number of imide groups is 1. The molecule has 7 nitrogen and oxygen atoms in total. The molecule has 3 aromatic heterocycles. The molecule has 162 valence electrons. The van der Waals surface area contributed by atoms with Crippen LogP contribution in [0.15, 0.2) is 63.2 Å². The van der Waals surface area contributed by atoms with Gasteiger partial charge in [-0.3, -0.25) is 19.1 Å². The number of nitrogens with one attached hydrogen (secondary N) is 1. The molecule has 0 aliphatic carbocycles. The van der Waals surface area contributed by atoms with E-state index < -0.39 is 0 Å². The highest BCUT2D eigenvalue weighted by Gasteiger charge is 2.27. The monoisotopic (exact) mass is 482 g/mol. The van der Waals surface area contributed by atoms with Crippen molar-refractivity contribution in [1.29, 1.82) is 0 Å². The molecule has 0 unspecified atom stereocenters. The summed E-state index contributed by atoms with van der Waals surface area (Å²) in [5.74, 6) is 0.408. The number of benzene rings is 1. The summed E-state index contributed by atoms with van der Waals surface area (Å²) in [6.07, 6.45) is 0.609. The molecule has 10 heteroatoms. The van der Waals surface area contributed by atoms with Gasteiger partial charge in [0.05, 0.1) is 17.6 Å². The lowest BCUT2D eigenvalue weighted by Crippen LogP contribution is -2.32. The summed E-state index contributed by atoms with van der Waals surface area (Å²) >= 11 is 4.52. The predicted octanol–water partition coefficient (Wildman–Crippen LogP) is 4.21. The number of thiophene rings is 2. The number of aromatic nitrogens is 2. The third kappa shape index (κ3) is 3.85. The van der Waals surface area contributed by atoms with Crippen LogP contribution in [-0.4, -0.2) is 45.2 Å². The van der Waals surface area contributed by atoms with E-state index >= 15 is 0 Å². The molecule has 1 aliphatic heterocycles. The van der Waals surface area contributed by atoms with E-state index in [2.05, 4.69) is 5.32 Å². The summed E-state index contributed by atoms with van der Waals surface area (Å²) < 4.78 is 1.66. The highest BCUT2D eigenvalue weighted by atomic mass is 32.2. The number of nitrogens with zero attached hydrogens (tertiary/aromatic N) is 3. The molecule has 1 fully saturated rings. The summed E-state index contributed by atoms with van der Waals surface area (Å²) in [7, 11) is 0. The standard InChI is InChI=1S/C22H18N4O3S3/c27-17-12-23-21(29)25(17)9-5-11-31-22-24-19-18(15(13-32-19)16-8-4-10-30-16)20(28)26(22)14-6-2-1-3-7-14/h1-4,6-8,10,13H,5,9,11-12H2,(H,23,29). The number of amides is 3. The summed E-state index contributed by atoms with van der Waals surface area (Å²) in [5.41, 5.74) is 1.58. The molecule has 1 saturated heterocycles. The molecule has 0 spiro atoms. The fourth-order valence-corrected chi connectivity index (χ4v) is 6.29. The second-order valence-electron chi connectivity index (χ2n) is 7.08. The van der Waals surface area contributed by atoms with Crippen molar-refractivity contribution < 1.29 is 9.59 Å². The van der Waals surface area contributed by atoms with Crippen molar-refractivity contribution in [3.05, 3.63) is 63.6 Å². The van der Waals surface area contributed by atoms with Crippen LogP contribution in [0.1, 0.15) is 6.42 Å². The molecule has 4 heterocycles. The van der Waals surface area contributed by atoms with Crippen LogP contribution in [0.5, 0.6) is 0 Å². The second-order valence-corrected chi connectivity index (χ2v) is 9.95. The lowest BCUT2D eigenvalue weighted by Gasteiger charge is -2.14. The third-order valence-corrected chi connectivity index (χ3v) is 7.87. The minimum atomic E-state index is -0.347. The number of rotatable bonds is 7. The minimum absolute atomic E-state index is 0.0582. The van der Waals surface area contributed by atoms with Gasteiger partial charge in [0.25, 0.3) is 5.56 Å². The zero-order chi connectivity index (χ0) is 22.1. The quantitative estimate of drug-likeness (QED) is 0.185. The molecular weight excluding hydrogens is 464 g/mol. The van der Waals surface area contributed by atoms with Gasteiger partial charge >= 0.3 is 6.03 Å².